The molecule has 0 radical (unpaired) electrons. The first-order valence-corrected chi connectivity index (χ1v) is 6.40. The van der Waals surface area contributed by atoms with Gasteiger partial charge in [-0.1, -0.05) is 6.07 Å². The third-order valence-electron chi connectivity index (χ3n) is 2.89. The molecule has 0 aliphatic carbocycles. The molecule has 102 valence electrons. The molecule has 0 saturated carbocycles. The lowest BCUT2D eigenvalue weighted by atomic mass is 10.1. The van der Waals surface area contributed by atoms with Crippen molar-refractivity contribution in [2.45, 2.75) is 26.9 Å². The summed E-state index contributed by atoms with van der Waals surface area (Å²) in [6, 6.07) is 4.86. The maximum absolute atomic E-state index is 14.0. The van der Waals surface area contributed by atoms with E-state index in [-0.39, 0.29) is 5.82 Å². The van der Waals surface area contributed by atoms with Crippen LogP contribution in [0.1, 0.15) is 32.4 Å². The van der Waals surface area contributed by atoms with Gasteiger partial charge in [0.1, 0.15) is 5.82 Å². The van der Waals surface area contributed by atoms with Crippen molar-refractivity contribution in [3.8, 4) is 0 Å². The van der Waals surface area contributed by atoms with Crippen LogP contribution in [-0.4, -0.2) is 31.4 Å². The van der Waals surface area contributed by atoms with Crippen molar-refractivity contribution in [2.24, 2.45) is 0 Å². The number of halogens is 1. The van der Waals surface area contributed by atoms with Crippen LogP contribution in [0.4, 0.5) is 10.1 Å². The van der Waals surface area contributed by atoms with E-state index in [0.717, 1.165) is 6.54 Å². The van der Waals surface area contributed by atoms with Gasteiger partial charge in [-0.05, 0) is 38.5 Å². The van der Waals surface area contributed by atoms with Crippen LogP contribution in [0.5, 0.6) is 0 Å². The molecular formula is C14H22FNO2. The van der Waals surface area contributed by atoms with Crippen molar-refractivity contribution >= 4 is 5.69 Å². The molecule has 1 aromatic carbocycles. The van der Waals surface area contributed by atoms with Gasteiger partial charge >= 0.3 is 0 Å². The van der Waals surface area contributed by atoms with Gasteiger partial charge in [-0.15, -0.1) is 0 Å². The summed E-state index contributed by atoms with van der Waals surface area (Å²) in [5.41, 5.74) is 1.15. The number of aliphatic hydroxyl groups excluding tert-OH is 1. The van der Waals surface area contributed by atoms with Crippen LogP contribution in [0.3, 0.4) is 0 Å². The van der Waals surface area contributed by atoms with E-state index >= 15 is 0 Å². The molecule has 1 aromatic rings. The predicted molar refractivity (Wildman–Crippen MR) is 71.4 cm³/mol. The van der Waals surface area contributed by atoms with Crippen molar-refractivity contribution < 1.29 is 14.2 Å². The molecule has 1 atom stereocenters. The number of nitrogens with zero attached hydrogens (tertiary/aromatic N) is 1. The van der Waals surface area contributed by atoms with Gasteiger partial charge in [0.05, 0.1) is 18.4 Å². The van der Waals surface area contributed by atoms with Crippen molar-refractivity contribution in [3.63, 3.8) is 0 Å². The molecule has 1 N–H and O–H groups in total. The fraction of sp³-hybridized carbons (Fsp3) is 0.571. The van der Waals surface area contributed by atoms with Crippen LogP contribution in [0.15, 0.2) is 18.2 Å². The van der Waals surface area contributed by atoms with Crippen molar-refractivity contribution in [2.75, 3.05) is 31.2 Å². The summed E-state index contributed by atoms with van der Waals surface area (Å²) < 4.78 is 19.2. The zero-order valence-electron chi connectivity index (χ0n) is 11.3. The lowest BCUT2D eigenvalue weighted by molar-refractivity contribution is 0.154. The first-order chi connectivity index (χ1) is 8.60. The topological polar surface area (TPSA) is 32.7 Å². The van der Waals surface area contributed by atoms with E-state index in [1.807, 2.05) is 18.7 Å². The van der Waals surface area contributed by atoms with E-state index in [9.17, 15) is 9.50 Å². The first-order valence-electron chi connectivity index (χ1n) is 6.40. The summed E-state index contributed by atoms with van der Waals surface area (Å²) in [6.45, 7) is 8.18. The minimum Gasteiger partial charge on any atom is -0.389 e. The highest BCUT2D eigenvalue weighted by Gasteiger charge is 2.12. The number of aliphatic hydroxyl groups is 1. The number of rotatable bonds is 7. The van der Waals surface area contributed by atoms with Crippen LogP contribution in [-0.2, 0) is 4.74 Å². The molecule has 1 unspecified atom stereocenters. The minimum atomic E-state index is -0.646. The average molecular weight is 255 g/mol. The molecule has 0 heterocycles. The number of likely N-dealkylation sites (N-methyl/N-ethyl adjacent to an activating group) is 1. The average Bonchev–Trinajstić information content (AvgIpc) is 2.35. The Morgan fingerprint density at radius 3 is 2.61 bits per heavy atom. The van der Waals surface area contributed by atoms with Gasteiger partial charge in [0, 0.05) is 19.7 Å². The van der Waals surface area contributed by atoms with E-state index in [2.05, 4.69) is 0 Å². The highest BCUT2D eigenvalue weighted by Crippen LogP contribution is 2.23. The minimum absolute atomic E-state index is 0.299. The summed E-state index contributed by atoms with van der Waals surface area (Å²) >= 11 is 0. The standard InChI is InChI=1S/C14H22FNO2/c1-4-16(8-9-18-5-2)14-7-6-12(11(3)17)10-13(14)15/h6-7,10-11,17H,4-5,8-9H2,1-3H3. The van der Waals surface area contributed by atoms with Gasteiger partial charge in [0.25, 0.3) is 0 Å². The highest BCUT2D eigenvalue weighted by atomic mass is 19.1. The molecule has 1 rings (SSSR count). The van der Waals surface area contributed by atoms with Gasteiger partial charge in [-0.3, -0.25) is 0 Å². The van der Waals surface area contributed by atoms with Crippen molar-refractivity contribution in [1.29, 1.82) is 0 Å². The number of anilines is 1. The third-order valence-corrected chi connectivity index (χ3v) is 2.89. The SMILES string of the molecule is CCOCCN(CC)c1ccc(C(C)O)cc1F. The normalized spacial score (nSPS) is 12.5. The zero-order chi connectivity index (χ0) is 13.5. The Morgan fingerprint density at radius 2 is 2.11 bits per heavy atom. The van der Waals surface area contributed by atoms with Crippen LogP contribution in [0.25, 0.3) is 0 Å². The second-order valence-corrected chi connectivity index (χ2v) is 4.16. The number of benzene rings is 1. The Balaban J connectivity index is 2.79. The fourth-order valence-electron chi connectivity index (χ4n) is 1.81. The molecule has 0 spiro atoms. The summed E-state index contributed by atoms with van der Waals surface area (Å²) in [5.74, 6) is -0.299. The van der Waals surface area contributed by atoms with Crippen LogP contribution >= 0.6 is 0 Å². The number of hydrogen-bond acceptors (Lipinski definition) is 3. The first kappa shape index (κ1) is 14.9. The van der Waals surface area contributed by atoms with Gasteiger partial charge < -0.3 is 14.7 Å². The largest absolute Gasteiger partial charge is 0.389 e. The van der Waals surface area contributed by atoms with Crippen molar-refractivity contribution in [1.82, 2.24) is 0 Å². The summed E-state index contributed by atoms with van der Waals surface area (Å²) in [5, 5.41) is 9.41. The van der Waals surface area contributed by atoms with Gasteiger partial charge in [0.2, 0.25) is 0 Å². The van der Waals surface area contributed by atoms with Crippen LogP contribution < -0.4 is 4.90 Å². The Morgan fingerprint density at radius 1 is 1.39 bits per heavy atom. The monoisotopic (exact) mass is 255 g/mol. The van der Waals surface area contributed by atoms with Crippen LogP contribution in [0.2, 0.25) is 0 Å². The highest BCUT2D eigenvalue weighted by molar-refractivity contribution is 5.49. The molecule has 4 heteroatoms. The maximum Gasteiger partial charge on any atom is 0.146 e. The number of ether oxygens (including phenoxy) is 1. The quantitative estimate of drug-likeness (QED) is 0.760. The van der Waals surface area contributed by atoms with E-state index in [1.165, 1.54) is 6.07 Å². The molecule has 0 amide bonds. The van der Waals surface area contributed by atoms with Gasteiger partial charge in [-0.2, -0.15) is 0 Å². The number of hydrogen-bond donors (Lipinski definition) is 1. The van der Waals surface area contributed by atoms with Crippen LogP contribution in [0, 0.1) is 5.82 Å². The molecule has 3 nitrogen and oxygen atoms in total. The summed E-state index contributed by atoms with van der Waals surface area (Å²) in [7, 11) is 0. The Labute approximate surface area is 108 Å². The molecule has 0 saturated heterocycles. The predicted octanol–water partition coefficient (Wildman–Crippen LogP) is 2.74. The Hall–Kier alpha value is -1.13. The summed E-state index contributed by atoms with van der Waals surface area (Å²) in [4.78, 5) is 1.93. The molecule has 0 aliphatic heterocycles. The Kier molecular flexibility index (Phi) is 6.09. The lowest BCUT2D eigenvalue weighted by Crippen LogP contribution is -2.28. The van der Waals surface area contributed by atoms with Crippen molar-refractivity contribution in [3.05, 3.63) is 29.6 Å². The zero-order valence-corrected chi connectivity index (χ0v) is 11.3. The smallest absolute Gasteiger partial charge is 0.146 e. The molecule has 0 aliphatic rings. The Bertz CT molecular complexity index is 369. The third kappa shape index (κ3) is 3.96. The molecule has 0 fully saturated rings. The maximum atomic E-state index is 14.0. The van der Waals surface area contributed by atoms with Gasteiger partial charge in [0.15, 0.2) is 0 Å². The van der Waals surface area contributed by atoms with E-state index < -0.39 is 6.10 Å². The molecular weight excluding hydrogens is 233 g/mol. The molecule has 0 bridgehead atoms. The van der Waals surface area contributed by atoms with E-state index in [1.54, 1.807) is 19.1 Å². The summed E-state index contributed by atoms with van der Waals surface area (Å²) in [6.07, 6.45) is -0.646. The van der Waals surface area contributed by atoms with Gasteiger partial charge in [-0.25, -0.2) is 4.39 Å². The molecule has 0 aromatic heterocycles. The fourth-order valence-corrected chi connectivity index (χ4v) is 1.81. The molecule has 18 heavy (non-hydrogen) atoms. The second-order valence-electron chi connectivity index (χ2n) is 4.16. The lowest BCUT2D eigenvalue weighted by Gasteiger charge is -2.24. The second kappa shape index (κ2) is 7.34. The van der Waals surface area contributed by atoms with E-state index in [0.29, 0.717) is 31.0 Å². The van der Waals surface area contributed by atoms with E-state index in [4.69, 9.17) is 4.74 Å².